The standard InChI is InChI=1S/C23H37N5OS.HI/c1-3-25-22(27-17-23(2)10-6-12-30-23)26-14-18-7-4-8-19(13-18)15-28-11-5-9-20(16-28)21(24)29;/h4,7-8,13,20H,3,5-6,9-12,14-17H2,1-2H3,(H2,24,29)(H2,25,26,27);1H. The molecule has 2 atom stereocenters. The van der Waals surface area contributed by atoms with E-state index in [-0.39, 0.29) is 35.8 Å². The summed E-state index contributed by atoms with van der Waals surface area (Å²) in [7, 11) is 0. The van der Waals surface area contributed by atoms with Gasteiger partial charge in [-0.2, -0.15) is 11.8 Å². The molecule has 1 amide bonds. The van der Waals surface area contributed by atoms with Crippen LogP contribution in [0, 0.1) is 5.92 Å². The quantitative estimate of drug-likeness (QED) is 0.259. The largest absolute Gasteiger partial charge is 0.369 e. The van der Waals surface area contributed by atoms with Gasteiger partial charge >= 0.3 is 0 Å². The van der Waals surface area contributed by atoms with Gasteiger partial charge in [-0.3, -0.25) is 9.69 Å². The molecule has 2 heterocycles. The predicted octanol–water partition coefficient (Wildman–Crippen LogP) is 3.34. The Labute approximate surface area is 208 Å². The van der Waals surface area contributed by atoms with E-state index < -0.39 is 0 Å². The first kappa shape index (κ1) is 26.3. The lowest BCUT2D eigenvalue weighted by molar-refractivity contribution is -0.123. The summed E-state index contributed by atoms with van der Waals surface area (Å²) in [6.45, 7) is 9.54. The molecule has 2 aliphatic rings. The van der Waals surface area contributed by atoms with Gasteiger partial charge < -0.3 is 16.4 Å². The molecule has 2 saturated heterocycles. The number of nitrogens with two attached hydrogens (primary N) is 1. The van der Waals surface area contributed by atoms with Crippen molar-refractivity contribution >= 4 is 47.6 Å². The minimum Gasteiger partial charge on any atom is -0.369 e. The summed E-state index contributed by atoms with van der Waals surface area (Å²) >= 11 is 2.06. The maximum Gasteiger partial charge on any atom is 0.221 e. The van der Waals surface area contributed by atoms with E-state index in [1.54, 1.807) is 0 Å². The lowest BCUT2D eigenvalue weighted by atomic mass is 9.97. The van der Waals surface area contributed by atoms with Crippen LogP contribution in [0.2, 0.25) is 0 Å². The lowest BCUT2D eigenvalue weighted by Crippen LogP contribution is -2.43. The molecule has 4 N–H and O–H groups in total. The van der Waals surface area contributed by atoms with E-state index in [1.807, 2.05) is 0 Å². The first-order chi connectivity index (χ1) is 14.5. The van der Waals surface area contributed by atoms with Crippen molar-refractivity contribution in [3.8, 4) is 0 Å². The first-order valence-corrected chi connectivity index (χ1v) is 12.2. The number of likely N-dealkylation sites (tertiary alicyclic amines) is 1. The van der Waals surface area contributed by atoms with Gasteiger partial charge in [0.1, 0.15) is 0 Å². The fraction of sp³-hybridized carbons (Fsp3) is 0.652. The molecule has 0 radical (unpaired) electrons. The molecule has 0 aliphatic carbocycles. The Morgan fingerprint density at radius 3 is 2.84 bits per heavy atom. The second kappa shape index (κ2) is 12.9. The minimum atomic E-state index is -0.170. The molecule has 2 aliphatic heterocycles. The van der Waals surface area contributed by atoms with E-state index in [9.17, 15) is 4.79 Å². The Morgan fingerprint density at radius 2 is 2.13 bits per heavy atom. The highest BCUT2D eigenvalue weighted by Crippen LogP contribution is 2.36. The zero-order valence-electron chi connectivity index (χ0n) is 18.9. The Kier molecular flexibility index (Phi) is 10.9. The molecule has 1 aromatic rings. The van der Waals surface area contributed by atoms with Crippen LogP contribution in [0.25, 0.3) is 0 Å². The molecule has 31 heavy (non-hydrogen) atoms. The summed E-state index contributed by atoms with van der Waals surface area (Å²) in [4.78, 5) is 18.7. The van der Waals surface area contributed by atoms with Gasteiger partial charge in [0.2, 0.25) is 5.91 Å². The van der Waals surface area contributed by atoms with Crippen molar-refractivity contribution in [3.63, 3.8) is 0 Å². The third-order valence-electron chi connectivity index (χ3n) is 6.00. The van der Waals surface area contributed by atoms with Crippen molar-refractivity contribution < 1.29 is 4.79 Å². The number of amides is 1. The molecule has 8 heteroatoms. The number of rotatable bonds is 8. The number of carbonyl (C=O) groups is 1. The molecule has 2 unspecified atom stereocenters. The van der Waals surface area contributed by atoms with Gasteiger partial charge in [0, 0.05) is 30.9 Å². The third kappa shape index (κ3) is 8.46. The Hall–Kier alpha value is -1.00. The van der Waals surface area contributed by atoms with Crippen LogP contribution >= 0.6 is 35.7 Å². The second-order valence-electron chi connectivity index (χ2n) is 8.75. The van der Waals surface area contributed by atoms with Crippen molar-refractivity contribution in [2.45, 2.75) is 57.4 Å². The van der Waals surface area contributed by atoms with Gasteiger partial charge in [0.15, 0.2) is 5.96 Å². The molecule has 0 spiro atoms. The van der Waals surface area contributed by atoms with Crippen LogP contribution in [-0.4, -0.2) is 53.4 Å². The van der Waals surface area contributed by atoms with Crippen LogP contribution in [0.5, 0.6) is 0 Å². The number of thioether (sulfide) groups is 1. The molecule has 6 nitrogen and oxygen atoms in total. The number of guanidine groups is 1. The molecule has 3 rings (SSSR count). The molecule has 0 bridgehead atoms. The second-order valence-corrected chi connectivity index (χ2v) is 10.4. The summed E-state index contributed by atoms with van der Waals surface area (Å²) in [5.41, 5.74) is 7.99. The molecule has 0 aromatic heterocycles. The number of halogens is 1. The maximum absolute atomic E-state index is 11.5. The van der Waals surface area contributed by atoms with Gasteiger partial charge in [-0.1, -0.05) is 24.3 Å². The van der Waals surface area contributed by atoms with E-state index in [0.29, 0.717) is 11.3 Å². The molecule has 2 fully saturated rings. The smallest absolute Gasteiger partial charge is 0.221 e. The zero-order valence-corrected chi connectivity index (χ0v) is 22.0. The van der Waals surface area contributed by atoms with Crippen LogP contribution < -0.4 is 16.4 Å². The van der Waals surface area contributed by atoms with Crippen LogP contribution in [0.15, 0.2) is 29.3 Å². The topological polar surface area (TPSA) is 82.8 Å². The molecule has 174 valence electrons. The van der Waals surface area contributed by atoms with Gasteiger partial charge in [-0.05, 0) is 63.0 Å². The average Bonchev–Trinajstić information content (AvgIpc) is 3.17. The van der Waals surface area contributed by atoms with E-state index in [4.69, 9.17) is 10.7 Å². The number of hydrogen-bond donors (Lipinski definition) is 3. The lowest BCUT2D eigenvalue weighted by Gasteiger charge is -2.31. The number of aliphatic imine (C=N–C) groups is 1. The van der Waals surface area contributed by atoms with E-state index in [1.165, 1.54) is 29.7 Å². The minimum absolute atomic E-state index is 0. The van der Waals surface area contributed by atoms with Crippen LogP contribution in [0.3, 0.4) is 0 Å². The summed E-state index contributed by atoms with van der Waals surface area (Å²) in [5.74, 6) is 1.96. The van der Waals surface area contributed by atoms with Crippen molar-refractivity contribution in [2.24, 2.45) is 16.6 Å². The average molecular weight is 560 g/mol. The van der Waals surface area contributed by atoms with Gasteiger partial charge in [0.25, 0.3) is 0 Å². The fourth-order valence-electron chi connectivity index (χ4n) is 4.27. The number of primary amides is 1. The highest BCUT2D eigenvalue weighted by molar-refractivity contribution is 14.0. The van der Waals surface area contributed by atoms with E-state index in [2.05, 4.69) is 65.4 Å². The first-order valence-electron chi connectivity index (χ1n) is 11.2. The summed E-state index contributed by atoms with van der Waals surface area (Å²) in [6, 6.07) is 8.62. The summed E-state index contributed by atoms with van der Waals surface area (Å²) in [6.07, 6.45) is 4.52. The predicted molar refractivity (Wildman–Crippen MR) is 142 cm³/mol. The Balaban J connectivity index is 0.00000341. The fourth-order valence-corrected chi connectivity index (χ4v) is 5.52. The van der Waals surface area contributed by atoms with E-state index in [0.717, 1.165) is 51.5 Å². The Morgan fingerprint density at radius 1 is 1.32 bits per heavy atom. The molecular formula is C23H38IN5OS. The van der Waals surface area contributed by atoms with Crippen LogP contribution in [0.4, 0.5) is 0 Å². The third-order valence-corrected chi connectivity index (χ3v) is 7.54. The van der Waals surface area contributed by atoms with Crippen LogP contribution in [0.1, 0.15) is 50.7 Å². The summed E-state index contributed by atoms with van der Waals surface area (Å²) in [5, 5.41) is 6.90. The van der Waals surface area contributed by atoms with Crippen LogP contribution in [-0.2, 0) is 17.9 Å². The highest BCUT2D eigenvalue weighted by atomic mass is 127. The van der Waals surface area contributed by atoms with Crippen molar-refractivity contribution in [1.29, 1.82) is 0 Å². The van der Waals surface area contributed by atoms with Crippen molar-refractivity contribution in [2.75, 3.05) is 31.9 Å². The van der Waals surface area contributed by atoms with Crippen molar-refractivity contribution in [3.05, 3.63) is 35.4 Å². The SMILES string of the molecule is CCNC(=NCc1cccc(CN2CCCC(C(N)=O)C2)c1)NCC1(C)CCCS1.I. The maximum atomic E-state index is 11.5. The number of piperidine rings is 1. The number of nitrogens with zero attached hydrogens (tertiary/aromatic N) is 2. The number of benzene rings is 1. The number of nitrogens with one attached hydrogen (secondary N) is 2. The zero-order chi connectivity index (χ0) is 21.4. The van der Waals surface area contributed by atoms with Crippen molar-refractivity contribution in [1.82, 2.24) is 15.5 Å². The highest BCUT2D eigenvalue weighted by Gasteiger charge is 2.29. The molecule has 1 aromatic carbocycles. The number of hydrogen-bond acceptors (Lipinski definition) is 4. The normalized spacial score (nSPS) is 24.5. The number of carbonyl (C=O) groups excluding carboxylic acids is 1. The summed E-state index contributed by atoms with van der Waals surface area (Å²) < 4.78 is 0.313. The molecule has 0 saturated carbocycles. The van der Waals surface area contributed by atoms with Gasteiger partial charge in [-0.15, -0.1) is 24.0 Å². The van der Waals surface area contributed by atoms with Gasteiger partial charge in [0.05, 0.1) is 12.5 Å². The van der Waals surface area contributed by atoms with Gasteiger partial charge in [-0.25, -0.2) is 4.99 Å². The Bertz CT molecular complexity index is 738. The molecular weight excluding hydrogens is 521 g/mol. The van der Waals surface area contributed by atoms with E-state index >= 15 is 0 Å². The monoisotopic (exact) mass is 559 g/mol.